The number of amides is 1. The quantitative estimate of drug-likeness (QED) is 0.824. The molecule has 0 aromatic carbocycles. The molecule has 5 nitrogen and oxygen atoms in total. The van der Waals surface area contributed by atoms with Crippen molar-refractivity contribution >= 4 is 28.2 Å². The summed E-state index contributed by atoms with van der Waals surface area (Å²) in [7, 11) is 0. The van der Waals surface area contributed by atoms with E-state index in [1.54, 1.807) is 0 Å². The van der Waals surface area contributed by atoms with E-state index in [1.165, 1.54) is 16.2 Å². The summed E-state index contributed by atoms with van der Waals surface area (Å²) in [6.45, 7) is 5.22. The Morgan fingerprint density at radius 1 is 1.38 bits per heavy atom. The smallest absolute Gasteiger partial charge is 0.341 e. The van der Waals surface area contributed by atoms with Crippen LogP contribution in [0.5, 0.6) is 0 Å². The Morgan fingerprint density at radius 2 is 2.21 bits per heavy atom. The first kappa shape index (κ1) is 17.4. The van der Waals surface area contributed by atoms with Crippen LogP contribution in [-0.4, -0.2) is 31.2 Å². The van der Waals surface area contributed by atoms with Crippen molar-refractivity contribution in [3.63, 3.8) is 0 Å². The molecule has 1 fully saturated rings. The lowest BCUT2D eigenvalue weighted by atomic mass is 9.88. The third-order valence-corrected chi connectivity index (χ3v) is 5.78. The summed E-state index contributed by atoms with van der Waals surface area (Å²) in [6.07, 6.45) is 4.93. The largest absolute Gasteiger partial charge is 0.462 e. The van der Waals surface area contributed by atoms with Crippen LogP contribution in [0, 0.1) is 5.92 Å². The Balaban J connectivity index is 1.85. The molecule has 1 aliphatic carbocycles. The maximum atomic E-state index is 12.5. The molecule has 1 aliphatic heterocycles. The number of ether oxygens (including phenoxy) is 2. The lowest BCUT2D eigenvalue weighted by Crippen LogP contribution is -2.27. The number of thiophene rings is 1. The molecule has 2 atom stereocenters. The van der Waals surface area contributed by atoms with Crippen molar-refractivity contribution in [1.29, 1.82) is 0 Å². The molecular formula is C18H25NO4S. The molecule has 1 aromatic rings. The predicted octanol–water partition coefficient (Wildman–Crippen LogP) is 3.56. The second-order valence-corrected chi connectivity index (χ2v) is 7.79. The van der Waals surface area contributed by atoms with E-state index in [4.69, 9.17) is 9.47 Å². The Kier molecular flexibility index (Phi) is 5.56. The average molecular weight is 351 g/mol. The molecule has 2 aliphatic rings. The number of fused-ring (bicyclic) bond motifs is 1. The van der Waals surface area contributed by atoms with Crippen molar-refractivity contribution < 1.29 is 19.1 Å². The van der Waals surface area contributed by atoms with Gasteiger partial charge >= 0.3 is 5.97 Å². The fourth-order valence-corrected chi connectivity index (χ4v) is 4.70. The summed E-state index contributed by atoms with van der Waals surface area (Å²) in [4.78, 5) is 26.2. The predicted molar refractivity (Wildman–Crippen MR) is 93.7 cm³/mol. The van der Waals surface area contributed by atoms with Crippen LogP contribution in [0.1, 0.15) is 60.3 Å². The molecular weight excluding hydrogens is 326 g/mol. The van der Waals surface area contributed by atoms with Crippen molar-refractivity contribution in [3.8, 4) is 0 Å². The lowest BCUT2D eigenvalue weighted by Gasteiger charge is -2.18. The van der Waals surface area contributed by atoms with Crippen LogP contribution in [0.25, 0.3) is 0 Å². The van der Waals surface area contributed by atoms with Crippen LogP contribution in [0.3, 0.4) is 0 Å². The number of carbonyl (C=O) groups is 2. The Hall–Kier alpha value is -1.40. The van der Waals surface area contributed by atoms with E-state index in [0.29, 0.717) is 29.7 Å². The first-order valence-corrected chi connectivity index (χ1v) is 9.66. The van der Waals surface area contributed by atoms with Crippen molar-refractivity contribution in [1.82, 2.24) is 0 Å². The van der Waals surface area contributed by atoms with Crippen LogP contribution in [0.2, 0.25) is 0 Å². The summed E-state index contributed by atoms with van der Waals surface area (Å²) in [5.74, 6) is 0.146. The third kappa shape index (κ3) is 3.64. The molecule has 2 heterocycles. The molecule has 0 bridgehead atoms. The summed E-state index contributed by atoms with van der Waals surface area (Å²) in [5.41, 5.74) is 1.64. The minimum atomic E-state index is -0.400. The van der Waals surface area contributed by atoms with Gasteiger partial charge < -0.3 is 14.8 Å². The van der Waals surface area contributed by atoms with Crippen LogP contribution in [-0.2, 0) is 27.1 Å². The summed E-state index contributed by atoms with van der Waals surface area (Å²) in [5, 5.41) is 3.57. The summed E-state index contributed by atoms with van der Waals surface area (Å²) < 4.78 is 10.8. The normalized spacial score (nSPS) is 22.9. The van der Waals surface area contributed by atoms with Crippen LogP contribution in [0.4, 0.5) is 5.00 Å². The Labute approximate surface area is 146 Å². The van der Waals surface area contributed by atoms with Gasteiger partial charge in [-0.25, -0.2) is 4.79 Å². The lowest BCUT2D eigenvalue weighted by molar-refractivity contribution is -0.124. The van der Waals surface area contributed by atoms with Gasteiger partial charge in [0.15, 0.2) is 0 Å². The maximum absolute atomic E-state index is 12.5. The maximum Gasteiger partial charge on any atom is 0.341 e. The van der Waals surface area contributed by atoms with Gasteiger partial charge in [-0.2, -0.15) is 0 Å². The first-order chi connectivity index (χ1) is 11.6. The SMILES string of the molecule is CCCOC(=O)c1c(NC(=O)[C@@H]2CCCO2)sc2c1CC[C@H](C)C2. The number of nitrogens with one attached hydrogen (secondary N) is 1. The second kappa shape index (κ2) is 7.66. The molecule has 6 heteroatoms. The van der Waals surface area contributed by atoms with Gasteiger partial charge in [0.05, 0.1) is 12.2 Å². The number of hydrogen-bond donors (Lipinski definition) is 1. The van der Waals surface area contributed by atoms with Gasteiger partial charge in [0.2, 0.25) is 0 Å². The standard InChI is InChI=1S/C18H25NO4S/c1-3-8-23-18(21)15-12-7-6-11(2)10-14(12)24-17(15)19-16(20)13-5-4-9-22-13/h11,13H,3-10H2,1-2H3,(H,19,20)/t11-,13-/m0/s1. The molecule has 0 radical (unpaired) electrons. The number of anilines is 1. The molecule has 1 amide bonds. The summed E-state index contributed by atoms with van der Waals surface area (Å²) in [6, 6.07) is 0. The molecule has 3 rings (SSSR count). The van der Waals surface area contributed by atoms with E-state index in [2.05, 4.69) is 12.2 Å². The van der Waals surface area contributed by atoms with Gasteiger partial charge in [-0.15, -0.1) is 11.3 Å². The fourth-order valence-electron chi connectivity index (χ4n) is 3.30. The number of hydrogen-bond acceptors (Lipinski definition) is 5. The molecule has 1 N–H and O–H groups in total. The van der Waals surface area contributed by atoms with Gasteiger partial charge in [0.25, 0.3) is 5.91 Å². The van der Waals surface area contributed by atoms with E-state index in [-0.39, 0.29) is 11.9 Å². The van der Waals surface area contributed by atoms with Crippen LogP contribution in [0.15, 0.2) is 0 Å². The van der Waals surface area contributed by atoms with Crippen LogP contribution >= 0.6 is 11.3 Å². The van der Waals surface area contributed by atoms with E-state index in [0.717, 1.165) is 44.1 Å². The van der Waals surface area contributed by atoms with Gasteiger partial charge in [-0.1, -0.05) is 13.8 Å². The number of rotatable bonds is 5. The Morgan fingerprint density at radius 3 is 2.92 bits per heavy atom. The van der Waals surface area contributed by atoms with Gasteiger partial charge in [-0.05, 0) is 50.0 Å². The number of carbonyl (C=O) groups excluding carboxylic acids is 2. The monoisotopic (exact) mass is 351 g/mol. The van der Waals surface area contributed by atoms with Crippen molar-refractivity contribution in [2.24, 2.45) is 5.92 Å². The van der Waals surface area contributed by atoms with E-state index in [9.17, 15) is 9.59 Å². The minimum absolute atomic E-state index is 0.149. The van der Waals surface area contributed by atoms with Gasteiger partial charge in [0.1, 0.15) is 11.1 Å². The average Bonchev–Trinajstić information content (AvgIpc) is 3.19. The topological polar surface area (TPSA) is 64.6 Å². The zero-order valence-electron chi connectivity index (χ0n) is 14.4. The molecule has 1 saturated heterocycles. The van der Waals surface area contributed by atoms with Crippen molar-refractivity contribution in [3.05, 3.63) is 16.0 Å². The highest BCUT2D eigenvalue weighted by molar-refractivity contribution is 7.17. The molecule has 24 heavy (non-hydrogen) atoms. The second-order valence-electron chi connectivity index (χ2n) is 6.68. The highest BCUT2D eigenvalue weighted by atomic mass is 32.1. The van der Waals surface area contributed by atoms with Gasteiger partial charge in [-0.3, -0.25) is 4.79 Å². The highest BCUT2D eigenvalue weighted by Gasteiger charge is 2.31. The molecule has 0 saturated carbocycles. The minimum Gasteiger partial charge on any atom is -0.462 e. The molecule has 0 unspecified atom stereocenters. The molecule has 0 spiro atoms. The Bertz CT molecular complexity index is 619. The van der Waals surface area contributed by atoms with Gasteiger partial charge in [0, 0.05) is 11.5 Å². The molecule has 1 aromatic heterocycles. The fraction of sp³-hybridized carbons (Fsp3) is 0.667. The number of esters is 1. The zero-order valence-corrected chi connectivity index (χ0v) is 15.2. The first-order valence-electron chi connectivity index (χ1n) is 8.84. The van der Waals surface area contributed by atoms with Crippen LogP contribution < -0.4 is 5.32 Å². The van der Waals surface area contributed by atoms with Crippen molar-refractivity contribution in [2.45, 2.75) is 58.5 Å². The van der Waals surface area contributed by atoms with E-state index in [1.807, 2.05) is 6.92 Å². The highest BCUT2D eigenvalue weighted by Crippen LogP contribution is 2.40. The summed E-state index contributed by atoms with van der Waals surface area (Å²) >= 11 is 1.53. The van der Waals surface area contributed by atoms with E-state index < -0.39 is 6.10 Å². The van der Waals surface area contributed by atoms with E-state index >= 15 is 0 Å². The molecule has 132 valence electrons. The van der Waals surface area contributed by atoms with Crippen molar-refractivity contribution in [2.75, 3.05) is 18.5 Å². The zero-order chi connectivity index (χ0) is 17.1. The third-order valence-electron chi connectivity index (χ3n) is 4.61.